The molecular weight excluding hydrogens is 297 g/mol. The van der Waals surface area contributed by atoms with Gasteiger partial charge in [0.05, 0.1) is 11.6 Å². The van der Waals surface area contributed by atoms with Gasteiger partial charge in [0.1, 0.15) is 12.1 Å². The van der Waals surface area contributed by atoms with Gasteiger partial charge in [-0.05, 0) is 24.1 Å². The number of hydrogen-bond donors (Lipinski definition) is 2. The molecule has 0 aliphatic rings. The van der Waals surface area contributed by atoms with Crippen LogP contribution in [0.25, 0.3) is 11.0 Å². The largest absolute Gasteiger partial charge is 0.369 e. The van der Waals surface area contributed by atoms with Crippen molar-refractivity contribution in [2.24, 2.45) is 0 Å². The van der Waals surface area contributed by atoms with Crippen molar-refractivity contribution >= 4 is 40.1 Å². The zero-order valence-electron chi connectivity index (χ0n) is 10.4. The number of anilines is 1. The third-order valence-corrected chi connectivity index (χ3v) is 3.54. The summed E-state index contributed by atoms with van der Waals surface area (Å²) in [5.41, 5.74) is 1.76. The van der Waals surface area contributed by atoms with E-state index >= 15 is 0 Å². The number of halogens is 2. The Balaban J connectivity index is 1.69. The second-order valence-electron chi connectivity index (χ2n) is 4.27. The Bertz CT molecular complexity index is 740. The molecule has 20 heavy (non-hydrogen) atoms. The SMILES string of the molecule is Clc1ccc(CCNc2ncnc3[nH]ncc23)c(Cl)c1. The summed E-state index contributed by atoms with van der Waals surface area (Å²) < 4.78 is 0. The van der Waals surface area contributed by atoms with E-state index in [1.807, 2.05) is 12.1 Å². The molecule has 0 fully saturated rings. The topological polar surface area (TPSA) is 66.5 Å². The molecule has 0 radical (unpaired) electrons. The smallest absolute Gasteiger partial charge is 0.160 e. The highest BCUT2D eigenvalue weighted by Crippen LogP contribution is 2.22. The second kappa shape index (κ2) is 5.64. The summed E-state index contributed by atoms with van der Waals surface area (Å²) in [7, 11) is 0. The number of H-pyrrole nitrogens is 1. The van der Waals surface area contributed by atoms with Crippen LogP contribution in [0, 0.1) is 0 Å². The van der Waals surface area contributed by atoms with Crippen molar-refractivity contribution in [3.8, 4) is 0 Å². The van der Waals surface area contributed by atoms with Crippen molar-refractivity contribution < 1.29 is 0 Å². The number of aromatic amines is 1. The maximum absolute atomic E-state index is 6.14. The van der Waals surface area contributed by atoms with E-state index < -0.39 is 0 Å². The van der Waals surface area contributed by atoms with Gasteiger partial charge in [-0.3, -0.25) is 5.10 Å². The average Bonchev–Trinajstić information content (AvgIpc) is 2.90. The van der Waals surface area contributed by atoms with E-state index in [1.165, 1.54) is 6.33 Å². The van der Waals surface area contributed by atoms with Gasteiger partial charge in [-0.15, -0.1) is 0 Å². The van der Waals surface area contributed by atoms with E-state index in [4.69, 9.17) is 23.2 Å². The number of nitrogens with one attached hydrogen (secondary N) is 2. The first-order valence-corrected chi connectivity index (χ1v) is 6.81. The zero-order valence-corrected chi connectivity index (χ0v) is 11.9. The molecule has 0 saturated carbocycles. The number of fused-ring (bicyclic) bond motifs is 1. The molecule has 0 atom stereocenters. The molecule has 0 saturated heterocycles. The van der Waals surface area contributed by atoms with Gasteiger partial charge in [0.25, 0.3) is 0 Å². The Kier molecular flexibility index (Phi) is 3.71. The molecule has 2 aromatic heterocycles. The molecule has 2 heterocycles. The van der Waals surface area contributed by atoms with E-state index in [9.17, 15) is 0 Å². The first-order chi connectivity index (χ1) is 9.74. The first-order valence-electron chi connectivity index (χ1n) is 6.06. The van der Waals surface area contributed by atoms with E-state index in [-0.39, 0.29) is 0 Å². The van der Waals surface area contributed by atoms with Crippen LogP contribution in [0.5, 0.6) is 0 Å². The molecule has 0 unspecified atom stereocenters. The molecule has 7 heteroatoms. The molecule has 0 aliphatic heterocycles. The molecule has 3 aromatic rings. The summed E-state index contributed by atoms with van der Waals surface area (Å²) in [6.07, 6.45) is 3.98. The summed E-state index contributed by atoms with van der Waals surface area (Å²) in [6, 6.07) is 5.51. The van der Waals surface area contributed by atoms with Gasteiger partial charge in [-0.1, -0.05) is 29.3 Å². The monoisotopic (exact) mass is 307 g/mol. The van der Waals surface area contributed by atoms with E-state index in [2.05, 4.69) is 25.5 Å². The van der Waals surface area contributed by atoms with Crippen LogP contribution in [0.2, 0.25) is 10.0 Å². The molecular formula is C13H11Cl2N5. The predicted octanol–water partition coefficient (Wildman–Crippen LogP) is 3.31. The summed E-state index contributed by atoms with van der Waals surface area (Å²) in [6.45, 7) is 0.707. The van der Waals surface area contributed by atoms with Crippen molar-refractivity contribution in [3.63, 3.8) is 0 Å². The zero-order chi connectivity index (χ0) is 13.9. The minimum atomic E-state index is 0.641. The minimum Gasteiger partial charge on any atom is -0.369 e. The molecule has 102 valence electrons. The average molecular weight is 308 g/mol. The first kappa shape index (κ1) is 13.1. The number of rotatable bonds is 4. The number of hydrogen-bond acceptors (Lipinski definition) is 4. The Morgan fingerprint density at radius 2 is 2.10 bits per heavy atom. The number of nitrogens with zero attached hydrogens (tertiary/aromatic N) is 3. The standard InChI is InChI=1S/C13H11Cl2N5/c14-9-2-1-8(11(15)5-9)3-4-16-12-10-6-19-20-13(10)18-7-17-12/h1-2,5-7H,3-4H2,(H2,16,17,18,19,20). The lowest BCUT2D eigenvalue weighted by Gasteiger charge is -2.07. The normalized spacial score (nSPS) is 10.9. The van der Waals surface area contributed by atoms with Crippen LogP contribution < -0.4 is 5.32 Å². The Morgan fingerprint density at radius 3 is 2.95 bits per heavy atom. The van der Waals surface area contributed by atoms with E-state index in [0.717, 1.165) is 23.2 Å². The Labute approximate surface area is 125 Å². The van der Waals surface area contributed by atoms with Crippen LogP contribution in [-0.4, -0.2) is 26.7 Å². The summed E-state index contributed by atoms with van der Waals surface area (Å²) in [4.78, 5) is 8.30. The fraction of sp³-hybridized carbons (Fsp3) is 0.154. The summed E-state index contributed by atoms with van der Waals surface area (Å²) in [5.74, 6) is 0.758. The molecule has 0 aliphatic carbocycles. The van der Waals surface area contributed by atoms with Gasteiger partial charge in [0.2, 0.25) is 0 Å². The fourth-order valence-corrected chi connectivity index (χ4v) is 2.45. The molecule has 0 bridgehead atoms. The second-order valence-corrected chi connectivity index (χ2v) is 5.11. The minimum absolute atomic E-state index is 0.641. The van der Waals surface area contributed by atoms with Crippen LogP contribution in [0.3, 0.4) is 0 Å². The summed E-state index contributed by atoms with van der Waals surface area (Å²) in [5, 5.41) is 12.2. The maximum atomic E-state index is 6.14. The quantitative estimate of drug-likeness (QED) is 0.776. The summed E-state index contributed by atoms with van der Waals surface area (Å²) >= 11 is 12.0. The van der Waals surface area contributed by atoms with E-state index in [0.29, 0.717) is 22.2 Å². The van der Waals surface area contributed by atoms with Gasteiger partial charge in [-0.25, -0.2) is 9.97 Å². The van der Waals surface area contributed by atoms with Crippen molar-refractivity contribution in [2.45, 2.75) is 6.42 Å². The van der Waals surface area contributed by atoms with Gasteiger partial charge in [-0.2, -0.15) is 5.10 Å². The van der Waals surface area contributed by atoms with Gasteiger partial charge >= 0.3 is 0 Å². The molecule has 5 nitrogen and oxygen atoms in total. The van der Waals surface area contributed by atoms with Gasteiger partial charge < -0.3 is 5.32 Å². The van der Waals surface area contributed by atoms with Crippen molar-refractivity contribution in [1.29, 1.82) is 0 Å². The fourth-order valence-electron chi connectivity index (χ4n) is 1.95. The third-order valence-electron chi connectivity index (χ3n) is 2.95. The lowest BCUT2D eigenvalue weighted by molar-refractivity contribution is 1.01. The molecule has 0 spiro atoms. The lowest BCUT2D eigenvalue weighted by atomic mass is 10.1. The van der Waals surface area contributed by atoms with Crippen molar-refractivity contribution in [2.75, 3.05) is 11.9 Å². The molecule has 1 aromatic carbocycles. The van der Waals surface area contributed by atoms with Crippen molar-refractivity contribution in [3.05, 3.63) is 46.3 Å². The predicted molar refractivity (Wildman–Crippen MR) is 80.3 cm³/mol. The highest BCUT2D eigenvalue weighted by molar-refractivity contribution is 6.35. The lowest BCUT2D eigenvalue weighted by Crippen LogP contribution is -2.07. The highest BCUT2D eigenvalue weighted by Gasteiger charge is 2.05. The Hall–Kier alpha value is -1.85. The molecule has 0 amide bonds. The van der Waals surface area contributed by atoms with Gasteiger partial charge in [0, 0.05) is 16.6 Å². The number of benzene rings is 1. The van der Waals surface area contributed by atoms with Crippen molar-refractivity contribution in [1.82, 2.24) is 20.2 Å². The van der Waals surface area contributed by atoms with Crippen LogP contribution in [0.4, 0.5) is 5.82 Å². The number of aromatic nitrogens is 4. The third kappa shape index (κ3) is 2.69. The molecule has 3 rings (SSSR count). The van der Waals surface area contributed by atoms with E-state index in [1.54, 1.807) is 12.3 Å². The van der Waals surface area contributed by atoms with Gasteiger partial charge in [0.15, 0.2) is 5.65 Å². The molecule has 2 N–H and O–H groups in total. The van der Waals surface area contributed by atoms with Crippen LogP contribution >= 0.6 is 23.2 Å². The maximum Gasteiger partial charge on any atom is 0.160 e. The van der Waals surface area contributed by atoms with Crippen LogP contribution in [0.15, 0.2) is 30.7 Å². The Morgan fingerprint density at radius 1 is 1.20 bits per heavy atom. The van der Waals surface area contributed by atoms with Crippen LogP contribution in [0.1, 0.15) is 5.56 Å². The van der Waals surface area contributed by atoms with Crippen LogP contribution in [-0.2, 0) is 6.42 Å². The highest BCUT2D eigenvalue weighted by atomic mass is 35.5.